The van der Waals surface area contributed by atoms with E-state index < -0.39 is 0 Å². The SMILES string of the molecule is CC(C)c1cccc(C(C)C)c1-c1cccc(-c2c(C(C)C)cccc2C(C)C)c1SSc1c(-c2c(C(C)C)cccc2C(C)C)cccc1-c1c(C(C)C)cccc1C(C)C. The van der Waals surface area contributed by atoms with Crippen LogP contribution >= 0.6 is 21.6 Å². The summed E-state index contributed by atoms with van der Waals surface area (Å²) < 4.78 is 0. The van der Waals surface area contributed by atoms with Crippen molar-refractivity contribution in [1.29, 1.82) is 0 Å². The van der Waals surface area contributed by atoms with Gasteiger partial charge in [-0.05, 0) is 136 Å². The van der Waals surface area contributed by atoms with E-state index in [0.29, 0.717) is 47.3 Å². The normalized spacial score (nSPS) is 12.2. The van der Waals surface area contributed by atoms with Crippen LogP contribution in [0.1, 0.15) is 203 Å². The van der Waals surface area contributed by atoms with E-state index in [1.54, 1.807) is 0 Å². The fourth-order valence-electron chi connectivity index (χ4n) is 9.57. The van der Waals surface area contributed by atoms with Crippen molar-refractivity contribution in [2.75, 3.05) is 0 Å². The van der Waals surface area contributed by atoms with Crippen molar-refractivity contribution >= 4 is 21.6 Å². The number of benzene rings is 6. The molecule has 0 aliphatic carbocycles. The van der Waals surface area contributed by atoms with Crippen LogP contribution in [0.2, 0.25) is 0 Å². The van der Waals surface area contributed by atoms with Gasteiger partial charge in [0.15, 0.2) is 0 Å². The Morgan fingerprint density at radius 3 is 0.516 bits per heavy atom. The summed E-state index contributed by atoms with van der Waals surface area (Å²) in [5, 5.41) is 0. The van der Waals surface area contributed by atoms with Crippen LogP contribution in [0.25, 0.3) is 44.5 Å². The lowest BCUT2D eigenvalue weighted by atomic mass is 9.82. The maximum absolute atomic E-state index is 2.43. The fourth-order valence-corrected chi connectivity index (χ4v) is 12.4. The Kier molecular flexibility index (Phi) is 15.5. The summed E-state index contributed by atoms with van der Waals surface area (Å²) in [6.07, 6.45) is 0. The highest BCUT2D eigenvalue weighted by Crippen LogP contribution is 2.56. The first kappa shape index (κ1) is 47.5. The molecule has 0 radical (unpaired) electrons. The summed E-state index contributed by atoms with van der Waals surface area (Å²) in [6.45, 7) is 37.8. The van der Waals surface area contributed by atoms with Crippen LogP contribution in [0.3, 0.4) is 0 Å². The number of rotatable bonds is 15. The fraction of sp³-hybridized carbons (Fsp3) is 0.400. The monoisotopic (exact) mass is 859 g/mol. The first-order valence-corrected chi connectivity index (χ1v) is 25.7. The molecule has 0 aromatic heterocycles. The number of hydrogen-bond acceptors (Lipinski definition) is 2. The summed E-state index contributed by atoms with van der Waals surface area (Å²) in [5.41, 5.74) is 22.4. The van der Waals surface area contributed by atoms with Crippen molar-refractivity contribution in [3.05, 3.63) is 154 Å². The molecular weight excluding hydrogens is 785 g/mol. The quantitative estimate of drug-likeness (QED) is 0.0944. The van der Waals surface area contributed by atoms with Crippen molar-refractivity contribution in [3.63, 3.8) is 0 Å². The molecule has 0 bridgehead atoms. The molecule has 2 heteroatoms. The van der Waals surface area contributed by atoms with Gasteiger partial charge in [0.05, 0.1) is 0 Å². The van der Waals surface area contributed by atoms with Gasteiger partial charge in [0, 0.05) is 9.79 Å². The van der Waals surface area contributed by atoms with E-state index >= 15 is 0 Å². The molecule has 0 amide bonds. The molecular formula is C60H74S2. The Morgan fingerprint density at radius 1 is 0.226 bits per heavy atom. The van der Waals surface area contributed by atoms with E-state index in [2.05, 4.69) is 220 Å². The topological polar surface area (TPSA) is 0 Å². The van der Waals surface area contributed by atoms with Gasteiger partial charge < -0.3 is 0 Å². The van der Waals surface area contributed by atoms with Crippen molar-refractivity contribution < 1.29 is 0 Å². The molecule has 0 aliphatic heterocycles. The smallest absolute Gasteiger partial charge is 0.0343 e. The lowest BCUT2D eigenvalue weighted by Gasteiger charge is -2.27. The lowest BCUT2D eigenvalue weighted by molar-refractivity contribution is 0.835. The van der Waals surface area contributed by atoms with Gasteiger partial charge >= 0.3 is 0 Å². The Hall–Kier alpha value is -3.98. The summed E-state index contributed by atoms with van der Waals surface area (Å²) in [7, 11) is 3.98. The molecule has 0 unspecified atom stereocenters. The van der Waals surface area contributed by atoms with Gasteiger partial charge in [-0.25, -0.2) is 0 Å². The molecule has 0 N–H and O–H groups in total. The predicted molar refractivity (Wildman–Crippen MR) is 279 cm³/mol. The summed E-state index contributed by atoms with van der Waals surface area (Å²) in [6, 6.07) is 42.5. The highest BCUT2D eigenvalue weighted by molar-refractivity contribution is 8.76. The Morgan fingerprint density at radius 2 is 0.371 bits per heavy atom. The molecule has 0 fully saturated rings. The van der Waals surface area contributed by atoms with Gasteiger partial charge in [0.1, 0.15) is 0 Å². The standard InChI is InChI=1S/C60H74S2/c1-35(2)43-23-17-24-44(36(3)4)55(43)51-31-21-32-52(56-45(37(5)6)25-18-26-46(56)38(7)8)59(51)61-62-60-53(57-47(39(9)10)27-19-28-48(57)40(11)12)33-22-34-54(60)58-49(41(13)14)29-20-30-50(58)42(15)16/h17-42H,1-16H3. The molecule has 0 aliphatic rings. The minimum atomic E-state index is 0.378. The van der Waals surface area contributed by atoms with Gasteiger partial charge in [0.25, 0.3) is 0 Å². The van der Waals surface area contributed by atoms with Crippen LogP contribution in [0.5, 0.6) is 0 Å². The van der Waals surface area contributed by atoms with Crippen LogP contribution in [0.15, 0.2) is 119 Å². The Balaban J connectivity index is 1.77. The van der Waals surface area contributed by atoms with Gasteiger partial charge in [0.2, 0.25) is 0 Å². The van der Waals surface area contributed by atoms with Gasteiger partial charge in [-0.1, -0.05) is 242 Å². The third kappa shape index (κ3) is 9.58. The highest BCUT2D eigenvalue weighted by Gasteiger charge is 2.28. The van der Waals surface area contributed by atoms with E-state index in [0.717, 1.165) is 0 Å². The van der Waals surface area contributed by atoms with Gasteiger partial charge in [-0.2, -0.15) is 0 Å². The average Bonchev–Trinajstić information content (AvgIpc) is 3.23. The summed E-state index contributed by atoms with van der Waals surface area (Å²) in [4.78, 5) is 2.71. The molecule has 0 saturated carbocycles. The molecule has 0 heterocycles. The van der Waals surface area contributed by atoms with Crippen LogP contribution in [-0.4, -0.2) is 0 Å². The second-order valence-electron chi connectivity index (χ2n) is 20.0. The molecule has 0 atom stereocenters. The zero-order chi connectivity index (χ0) is 45.2. The molecule has 0 spiro atoms. The minimum Gasteiger partial charge on any atom is -0.0617 e. The van der Waals surface area contributed by atoms with E-state index in [9.17, 15) is 0 Å². The zero-order valence-electron chi connectivity index (χ0n) is 40.8. The van der Waals surface area contributed by atoms with Crippen LogP contribution in [0.4, 0.5) is 0 Å². The predicted octanol–water partition coefficient (Wildman–Crippen LogP) is 20.1. The second-order valence-corrected chi connectivity index (χ2v) is 22.2. The third-order valence-corrected chi connectivity index (χ3v) is 15.4. The molecule has 326 valence electrons. The van der Waals surface area contributed by atoms with E-state index in [4.69, 9.17) is 0 Å². The summed E-state index contributed by atoms with van der Waals surface area (Å²) >= 11 is 0. The van der Waals surface area contributed by atoms with Gasteiger partial charge in [-0.15, -0.1) is 0 Å². The van der Waals surface area contributed by atoms with Gasteiger partial charge in [-0.3, -0.25) is 0 Å². The Bertz CT molecular complexity index is 2050. The van der Waals surface area contributed by atoms with Crippen molar-refractivity contribution in [2.24, 2.45) is 0 Å². The Labute approximate surface area is 385 Å². The first-order valence-electron chi connectivity index (χ1n) is 23.6. The maximum atomic E-state index is 2.43. The largest absolute Gasteiger partial charge is 0.0617 e. The highest BCUT2D eigenvalue weighted by atomic mass is 33.1. The molecule has 6 aromatic rings. The zero-order valence-corrected chi connectivity index (χ0v) is 42.5. The lowest BCUT2D eigenvalue weighted by Crippen LogP contribution is -2.04. The summed E-state index contributed by atoms with van der Waals surface area (Å²) in [5.74, 6) is 3.02. The van der Waals surface area contributed by atoms with Crippen LogP contribution in [-0.2, 0) is 0 Å². The maximum Gasteiger partial charge on any atom is 0.0343 e. The van der Waals surface area contributed by atoms with Crippen molar-refractivity contribution in [2.45, 2.75) is 168 Å². The average molecular weight is 859 g/mol. The third-order valence-electron chi connectivity index (χ3n) is 12.8. The molecule has 0 nitrogen and oxygen atoms in total. The van der Waals surface area contributed by atoms with Crippen LogP contribution < -0.4 is 0 Å². The molecule has 6 aromatic carbocycles. The van der Waals surface area contributed by atoms with Crippen molar-refractivity contribution in [3.8, 4) is 44.5 Å². The van der Waals surface area contributed by atoms with E-state index in [1.807, 2.05) is 21.6 Å². The first-order chi connectivity index (χ1) is 29.5. The number of hydrogen-bond donors (Lipinski definition) is 0. The van der Waals surface area contributed by atoms with E-state index in [-0.39, 0.29) is 0 Å². The minimum absolute atomic E-state index is 0.378. The molecule has 6 rings (SSSR count). The second kappa shape index (κ2) is 20.2. The molecule has 62 heavy (non-hydrogen) atoms. The van der Waals surface area contributed by atoms with Crippen LogP contribution in [0, 0.1) is 0 Å². The molecule has 0 saturated heterocycles. The van der Waals surface area contributed by atoms with Crippen molar-refractivity contribution in [1.82, 2.24) is 0 Å². The van der Waals surface area contributed by atoms with E-state index in [1.165, 1.54) is 98.8 Å².